The Morgan fingerprint density at radius 2 is 2.18 bits per heavy atom. The first-order valence-electron chi connectivity index (χ1n) is 4.95. The number of hydrogen-bond donors (Lipinski definition) is 2. The van der Waals surface area contributed by atoms with Crippen molar-refractivity contribution < 1.29 is 14.3 Å². The molecule has 0 aliphatic carbocycles. The number of ether oxygens (including phenoxy) is 1. The van der Waals surface area contributed by atoms with Crippen molar-refractivity contribution in [2.45, 2.75) is 6.42 Å². The summed E-state index contributed by atoms with van der Waals surface area (Å²) in [7, 11) is 1.29. The third-order valence-electron chi connectivity index (χ3n) is 2.12. The average Bonchev–Trinajstić information content (AvgIpc) is 2.32. The molecule has 0 radical (unpaired) electrons. The molecule has 0 atom stereocenters. The second-order valence-corrected chi connectivity index (χ2v) is 3.67. The summed E-state index contributed by atoms with van der Waals surface area (Å²) in [6.07, 6.45) is 0.113. The Bertz CT molecular complexity index is 435. The molecule has 5 nitrogen and oxygen atoms in total. The lowest BCUT2D eigenvalue weighted by Gasteiger charge is -2.07. The summed E-state index contributed by atoms with van der Waals surface area (Å²) in [6.45, 7) is 0.191. The van der Waals surface area contributed by atoms with E-state index in [1.165, 1.54) is 7.11 Å². The van der Waals surface area contributed by atoms with Gasteiger partial charge in [-0.05, 0) is 12.1 Å². The van der Waals surface area contributed by atoms with Crippen LogP contribution in [-0.2, 0) is 9.53 Å². The first-order chi connectivity index (χ1) is 8.06. The quantitative estimate of drug-likeness (QED) is 0.627. The van der Waals surface area contributed by atoms with Gasteiger partial charge in [-0.3, -0.25) is 9.59 Å². The summed E-state index contributed by atoms with van der Waals surface area (Å²) in [5.74, 6) is -0.754. The van der Waals surface area contributed by atoms with Crippen LogP contribution in [0.4, 0.5) is 5.69 Å². The molecule has 92 valence electrons. The largest absolute Gasteiger partial charge is 0.469 e. The number of carbonyl (C=O) groups excluding carboxylic acids is 2. The van der Waals surface area contributed by atoms with Crippen molar-refractivity contribution in [3.8, 4) is 0 Å². The highest BCUT2D eigenvalue weighted by molar-refractivity contribution is 6.36. The minimum absolute atomic E-state index is 0.113. The molecule has 3 N–H and O–H groups in total. The van der Waals surface area contributed by atoms with Crippen LogP contribution in [0.3, 0.4) is 0 Å². The number of nitrogens with one attached hydrogen (secondary N) is 1. The fraction of sp³-hybridized carbons (Fsp3) is 0.273. The lowest BCUT2D eigenvalue weighted by Crippen LogP contribution is -2.26. The highest BCUT2D eigenvalue weighted by Crippen LogP contribution is 2.22. The number of carbonyl (C=O) groups is 2. The van der Waals surface area contributed by atoms with Crippen LogP contribution in [0.2, 0.25) is 5.02 Å². The van der Waals surface area contributed by atoms with Gasteiger partial charge in [0.25, 0.3) is 5.91 Å². The van der Waals surface area contributed by atoms with Gasteiger partial charge in [0.1, 0.15) is 0 Å². The molecular weight excluding hydrogens is 244 g/mol. The fourth-order valence-electron chi connectivity index (χ4n) is 1.20. The van der Waals surface area contributed by atoms with Gasteiger partial charge in [0.05, 0.1) is 29.8 Å². The molecule has 1 aromatic rings. The number of benzene rings is 1. The van der Waals surface area contributed by atoms with Crippen molar-refractivity contribution in [1.29, 1.82) is 0 Å². The zero-order chi connectivity index (χ0) is 12.8. The normalized spacial score (nSPS) is 9.76. The molecule has 0 saturated carbocycles. The van der Waals surface area contributed by atoms with E-state index in [0.717, 1.165) is 0 Å². The summed E-state index contributed by atoms with van der Waals surface area (Å²) in [5, 5.41) is 2.76. The molecule has 0 saturated heterocycles. The highest BCUT2D eigenvalue weighted by atomic mass is 35.5. The smallest absolute Gasteiger partial charge is 0.307 e. The van der Waals surface area contributed by atoms with Crippen LogP contribution in [0.15, 0.2) is 18.2 Å². The lowest BCUT2D eigenvalue weighted by molar-refractivity contribution is -0.140. The first kappa shape index (κ1) is 13.3. The van der Waals surface area contributed by atoms with Crippen LogP contribution >= 0.6 is 11.6 Å². The Balaban J connectivity index is 2.59. The monoisotopic (exact) mass is 256 g/mol. The molecule has 1 rings (SSSR count). The Hall–Kier alpha value is -1.75. The minimum atomic E-state index is -0.385. The van der Waals surface area contributed by atoms with E-state index in [1.807, 2.05) is 0 Å². The molecule has 0 fully saturated rings. The number of nitrogens with two attached hydrogens (primary N) is 1. The van der Waals surface area contributed by atoms with Crippen molar-refractivity contribution in [2.75, 3.05) is 19.4 Å². The van der Waals surface area contributed by atoms with E-state index in [9.17, 15) is 9.59 Å². The summed E-state index contributed by atoms with van der Waals surface area (Å²) in [5.41, 5.74) is 6.20. The van der Waals surface area contributed by atoms with Crippen molar-refractivity contribution >= 4 is 29.2 Å². The van der Waals surface area contributed by atoms with Crippen LogP contribution in [0.1, 0.15) is 16.8 Å². The zero-order valence-electron chi connectivity index (χ0n) is 9.33. The van der Waals surface area contributed by atoms with Crippen LogP contribution in [-0.4, -0.2) is 25.5 Å². The number of esters is 1. The number of amides is 1. The SMILES string of the molecule is COC(=O)CCNC(=O)c1cccc(N)c1Cl. The number of nitrogen functional groups attached to an aromatic ring is 1. The molecule has 0 aromatic heterocycles. The van der Waals surface area contributed by atoms with Gasteiger partial charge in [-0.1, -0.05) is 17.7 Å². The summed E-state index contributed by atoms with van der Waals surface area (Å²) >= 11 is 5.88. The van der Waals surface area contributed by atoms with Crippen molar-refractivity contribution in [3.63, 3.8) is 0 Å². The third-order valence-corrected chi connectivity index (χ3v) is 2.54. The number of rotatable bonds is 4. The topological polar surface area (TPSA) is 81.4 Å². The van der Waals surface area contributed by atoms with E-state index >= 15 is 0 Å². The predicted molar refractivity (Wildman–Crippen MR) is 64.8 cm³/mol. The Morgan fingerprint density at radius 1 is 1.47 bits per heavy atom. The Morgan fingerprint density at radius 3 is 2.82 bits per heavy atom. The molecule has 0 heterocycles. The molecule has 0 spiro atoms. The maximum atomic E-state index is 11.7. The standard InChI is InChI=1S/C11H13ClN2O3/c1-17-9(15)5-6-14-11(16)7-3-2-4-8(13)10(7)12/h2-4H,5-6,13H2,1H3,(H,14,16). The van der Waals surface area contributed by atoms with E-state index < -0.39 is 0 Å². The number of methoxy groups -OCH3 is 1. The second kappa shape index (κ2) is 6.10. The third kappa shape index (κ3) is 3.64. The average molecular weight is 257 g/mol. The molecular formula is C11H13ClN2O3. The van der Waals surface area contributed by atoms with Crippen LogP contribution < -0.4 is 11.1 Å². The molecule has 0 unspecified atom stereocenters. The van der Waals surface area contributed by atoms with Gasteiger partial charge in [-0.25, -0.2) is 0 Å². The Labute approximate surface area is 104 Å². The van der Waals surface area contributed by atoms with Crippen molar-refractivity contribution in [1.82, 2.24) is 5.32 Å². The first-order valence-corrected chi connectivity index (χ1v) is 5.33. The van der Waals surface area contributed by atoms with Crippen LogP contribution in [0.5, 0.6) is 0 Å². The van der Waals surface area contributed by atoms with Gasteiger partial charge >= 0.3 is 5.97 Å². The molecule has 0 bridgehead atoms. The van der Waals surface area contributed by atoms with E-state index in [-0.39, 0.29) is 35.4 Å². The van der Waals surface area contributed by atoms with Gasteiger partial charge in [-0.15, -0.1) is 0 Å². The molecule has 0 aliphatic heterocycles. The number of anilines is 1. The maximum absolute atomic E-state index is 11.7. The van der Waals surface area contributed by atoms with Crippen LogP contribution in [0.25, 0.3) is 0 Å². The summed E-state index contributed by atoms with van der Waals surface area (Å²) in [6, 6.07) is 4.80. The van der Waals surface area contributed by atoms with E-state index in [4.69, 9.17) is 17.3 Å². The van der Waals surface area contributed by atoms with Crippen molar-refractivity contribution in [3.05, 3.63) is 28.8 Å². The predicted octanol–water partition coefficient (Wildman–Crippen LogP) is 1.22. The zero-order valence-corrected chi connectivity index (χ0v) is 10.1. The maximum Gasteiger partial charge on any atom is 0.307 e. The summed E-state index contributed by atoms with van der Waals surface area (Å²) in [4.78, 5) is 22.5. The number of halogens is 1. The van der Waals surface area contributed by atoms with Crippen molar-refractivity contribution in [2.24, 2.45) is 0 Å². The van der Waals surface area contributed by atoms with Gasteiger partial charge in [0, 0.05) is 6.54 Å². The van der Waals surface area contributed by atoms with Gasteiger partial charge < -0.3 is 15.8 Å². The van der Waals surface area contributed by atoms with Gasteiger partial charge in [-0.2, -0.15) is 0 Å². The molecule has 1 aromatic carbocycles. The van der Waals surface area contributed by atoms with Gasteiger partial charge in [0.2, 0.25) is 0 Å². The van der Waals surface area contributed by atoms with E-state index in [1.54, 1.807) is 18.2 Å². The van der Waals surface area contributed by atoms with Gasteiger partial charge in [0.15, 0.2) is 0 Å². The van der Waals surface area contributed by atoms with E-state index in [0.29, 0.717) is 5.69 Å². The van der Waals surface area contributed by atoms with E-state index in [2.05, 4.69) is 10.1 Å². The molecule has 6 heteroatoms. The summed E-state index contributed by atoms with van der Waals surface area (Å²) < 4.78 is 4.44. The molecule has 17 heavy (non-hydrogen) atoms. The highest BCUT2D eigenvalue weighted by Gasteiger charge is 2.12. The van der Waals surface area contributed by atoms with Crippen LogP contribution in [0, 0.1) is 0 Å². The second-order valence-electron chi connectivity index (χ2n) is 3.29. The molecule has 0 aliphatic rings. The minimum Gasteiger partial charge on any atom is -0.469 e. The molecule has 1 amide bonds. The lowest BCUT2D eigenvalue weighted by atomic mass is 10.2. The fourth-order valence-corrected chi connectivity index (χ4v) is 1.41. The number of hydrogen-bond acceptors (Lipinski definition) is 4. The Kier molecular flexibility index (Phi) is 4.78.